The van der Waals surface area contributed by atoms with E-state index in [4.69, 9.17) is 10.5 Å². The molecule has 174 valence electrons. The summed E-state index contributed by atoms with van der Waals surface area (Å²) in [6.45, 7) is 7.50. The van der Waals surface area contributed by atoms with Crippen molar-refractivity contribution < 1.29 is 9.53 Å². The molecule has 2 aliphatic rings. The average molecular weight is 544 g/mol. The number of nitrogens with zero attached hydrogens (tertiary/aromatic N) is 4. The number of hydrogen-bond acceptors (Lipinski definition) is 5. The number of nitrogens with one attached hydrogen (secondary N) is 1. The molecule has 1 unspecified atom stereocenters. The lowest BCUT2D eigenvalue weighted by molar-refractivity contribution is -0.123. The summed E-state index contributed by atoms with van der Waals surface area (Å²) in [5.74, 6) is 1.71. The van der Waals surface area contributed by atoms with Gasteiger partial charge < -0.3 is 30.5 Å². The summed E-state index contributed by atoms with van der Waals surface area (Å²) in [4.78, 5) is 23.0. The van der Waals surface area contributed by atoms with E-state index in [0.717, 1.165) is 83.3 Å². The van der Waals surface area contributed by atoms with Crippen LogP contribution >= 0.6 is 24.0 Å². The molecule has 0 aliphatic carbocycles. The number of benzene rings is 1. The van der Waals surface area contributed by atoms with E-state index >= 15 is 0 Å². The smallest absolute Gasteiger partial charge is 0.221 e. The molecule has 0 spiro atoms. The van der Waals surface area contributed by atoms with Crippen molar-refractivity contribution in [2.75, 3.05) is 71.4 Å². The minimum absolute atomic E-state index is 0. The van der Waals surface area contributed by atoms with Crippen LogP contribution in [0.15, 0.2) is 29.3 Å². The highest BCUT2D eigenvalue weighted by atomic mass is 127. The van der Waals surface area contributed by atoms with E-state index in [2.05, 4.69) is 37.1 Å². The summed E-state index contributed by atoms with van der Waals surface area (Å²) in [6, 6.07) is 8.24. The summed E-state index contributed by atoms with van der Waals surface area (Å²) < 4.78 is 5.35. The SMILES string of the molecule is CN=C(NCCCN1CCCC(C(N)=O)C1)N1CCN(c2cccc(OC)c2)CC1.I. The molecule has 2 fully saturated rings. The molecule has 0 aromatic heterocycles. The predicted molar refractivity (Wildman–Crippen MR) is 137 cm³/mol. The average Bonchev–Trinajstić information content (AvgIpc) is 2.79. The highest BCUT2D eigenvalue weighted by molar-refractivity contribution is 14.0. The van der Waals surface area contributed by atoms with Crippen LogP contribution in [0.25, 0.3) is 0 Å². The Hall–Kier alpha value is -1.75. The minimum Gasteiger partial charge on any atom is -0.497 e. The van der Waals surface area contributed by atoms with Crippen molar-refractivity contribution in [1.29, 1.82) is 0 Å². The predicted octanol–water partition coefficient (Wildman–Crippen LogP) is 1.60. The number of guanidine groups is 1. The van der Waals surface area contributed by atoms with Gasteiger partial charge in [-0.3, -0.25) is 9.79 Å². The van der Waals surface area contributed by atoms with E-state index < -0.39 is 0 Å². The summed E-state index contributed by atoms with van der Waals surface area (Å²) in [7, 11) is 3.55. The molecular weight excluding hydrogens is 507 g/mol. The van der Waals surface area contributed by atoms with Gasteiger partial charge in [-0.2, -0.15) is 0 Å². The second-order valence-corrected chi connectivity index (χ2v) is 8.05. The Bertz CT molecular complexity index is 724. The topological polar surface area (TPSA) is 86.4 Å². The van der Waals surface area contributed by atoms with Crippen molar-refractivity contribution in [3.05, 3.63) is 24.3 Å². The van der Waals surface area contributed by atoms with Crippen molar-refractivity contribution in [2.24, 2.45) is 16.6 Å². The first-order valence-corrected chi connectivity index (χ1v) is 11.0. The van der Waals surface area contributed by atoms with Gasteiger partial charge in [0.1, 0.15) is 5.75 Å². The van der Waals surface area contributed by atoms with Crippen LogP contribution in [0.2, 0.25) is 0 Å². The number of halogens is 1. The zero-order chi connectivity index (χ0) is 21.3. The maximum absolute atomic E-state index is 11.4. The first kappa shape index (κ1) is 25.5. The van der Waals surface area contributed by atoms with Crippen molar-refractivity contribution in [1.82, 2.24) is 15.1 Å². The van der Waals surface area contributed by atoms with Crippen LogP contribution < -0.4 is 20.7 Å². The van der Waals surface area contributed by atoms with Gasteiger partial charge in [0.2, 0.25) is 5.91 Å². The fraction of sp³-hybridized carbons (Fsp3) is 0.636. The Labute approximate surface area is 203 Å². The number of rotatable bonds is 7. The molecule has 3 rings (SSSR count). The maximum Gasteiger partial charge on any atom is 0.221 e. The number of anilines is 1. The molecule has 0 radical (unpaired) electrons. The van der Waals surface area contributed by atoms with E-state index in [1.54, 1.807) is 7.11 Å². The maximum atomic E-state index is 11.4. The summed E-state index contributed by atoms with van der Waals surface area (Å²) in [5, 5.41) is 3.50. The van der Waals surface area contributed by atoms with Crippen LogP contribution in [0.5, 0.6) is 5.75 Å². The van der Waals surface area contributed by atoms with Gasteiger partial charge in [-0.1, -0.05) is 6.07 Å². The van der Waals surface area contributed by atoms with Gasteiger partial charge in [-0.05, 0) is 44.5 Å². The summed E-state index contributed by atoms with van der Waals surface area (Å²) >= 11 is 0. The van der Waals surface area contributed by atoms with Gasteiger partial charge in [0.15, 0.2) is 5.96 Å². The molecular formula is C22H37IN6O2. The molecule has 1 aromatic carbocycles. The number of carbonyl (C=O) groups is 1. The summed E-state index contributed by atoms with van der Waals surface area (Å²) in [6.07, 6.45) is 3.01. The van der Waals surface area contributed by atoms with E-state index in [-0.39, 0.29) is 35.8 Å². The van der Waals surface area contributed by atoms with Gasteiger partial charge in [0.05, 0.1) is 13.0 Å². The van der Waals surface area contributed by atoms with Crippen LogP contribution in [-0.4, -0.2) is 88.2 Å². The first-order valence-electron chi connectivity index (χ1n) is 11.0. The zero-order valence-electron chi connectivity index (χ0n) is 18.8. The Balaban J connectivity index is 0.00000341. The normalized spacial score (nSPS) is 20.2. The molecule has 2 heterocycles. The second kappa shape index (κ2) is 12.9. The number of piperidine rings is 1. The van der Waals surface area contributed by atoms with Crippen molar-refractivity contribution in [3.63, 3.8) is 0 Å². The summed E-state index contributed by atoms with van der Waals surface area (Å²) in [5.41, 5.74) is 6.68. The quantitative estimate of drug-likeness (QED) is 0.235. The molecule has 3 N–H and O–H groups in total. The Morgan fingerprint density at radius 2 is 2.03 bits per heavy atom. The monoisotopic (exact) mass is 544 g/mol. The number of likely N-dealkylation sites (tertiary alicyclic amines) is 1. The molecule has 9 heteroatoms. The van der Waals surface area contributed by atoms with Crippen LogP contribution in [0.1, 0.15) is 19.3 Å². The third kappa shape index (κ3) is 7.41. The van der Waals surface area contributed by atoms with E-state index in [9.17, 15) is 4.79 Å². The second-order valence-electron chi connectivity index (χ2n) is 8.05. The highest BCUT2D eigenvalue weighted by Gasteiger charge is 2.24. The van der Waals surface area contributed by atoms with Gasteiger partial charge in [0.25, 0.3) is 0 Å². The molecule has 31 heavy (non-hydrogen) atoms. The number of methoxy groups -OCH3 is 1. The zero-order valence-corrected chi connectivity index (χ0v) is 21.1. The number of piperazine rings is 1. The molecule has 1 aromatic rings. The first-order chi connectivity index (χ1) is 14.6. The number of carbonyl (C=O) groups excluding carboxylic acids is 1. The van der Waals surface area contributed by atoms with Crippen LogP contribution in [0.3, 0.4) is 0 Å². The molecule has 0 bridgehead atoms. The van der Waals surface area contributed by atoms with Gasteiger partial charge in [-0.15, -0.1) is 24.0 Å². The Morgan fingerprint density at radius 3 is 2.71 bits per heavy atom. The lowest BCUT2D eigenvalue weighted by Gasteiger charge is -2.38. The fourth-order valence-corrected chi connectivity index (χ4v) is 4.31. The standard InChI is InChI=1S/C22H36N6O2.HI/c1-24-22(25-9-5-11-26-10-4-6-18(17-26)21(23)29)28-14-12-27(13-15-28)19-7-3-8-20(16-19)30-2;/h3,7-8,16,18H,4-6,9-15,17H2,1-2H3,(H2,23,29)(H,24,25);1H. The van der Waals surface area contributed by atoms with Crippen LogP contribution in [0.4, 0.5) is 5.69 Å². The van der Waals surface area contributed by atoms with Crippen molar-refractivity contribution >= 4 is 41.5 Å². The lowest BCUT2D eigenvalue weighted by Crippen LogP contribution is -2.52. The van der Waals surface area contributed by atoms with E-state index in [1.807, 2.05) is 19.2 Å². The number of aliphatic imine (C=N–C) groups is 1. The molecule has 2 saturated heterocycles. The van der Waals surface area contributed by atoms with E-state index in [1.165, 1.54) is 5.69 Å². The van der Waals surface area contributed by atoms with Crippen molar-refractivity contribution in [3.8, 4) is 5.75 Å². The van der Waals surface area contributed by atoms with Crippen LogP contribution in [-0.2, 0) is 4.79 Å². The minimum atomic E-state index is -0.161. The Kier molecular flexibility index (Phi) is 10.7. The third-order valence-electron chi connectivity index (χ3n) is 6.05. The number of ether oxygens (including phenoxy) is 1. The van der Waals surface area contributed by atoms with Crippen molar-refractivity contribution in [2.45, 2.75) is 19.3 Å². The molecule has 0 saturated carbocycles. The lowest BCUT2D eigenvalue weighted by atomic mass is 9.97. The number of hydrogen-bond donors (Lipinski definition) is 2. The van der Waals surface area contributed by atoms with Crippen LogP contribution in [0, 0.1) is 5.92 Å². The van der Waals surface area contributed by atoms with E-state index in [0.29, 0.717) is 0 Å². The van der Waals surface area contributed by atoms with Gasteiger partial charge in [-0.25, -0.2) is 0 Å². The molecule has 2 aliphatic heterocycles. The van der Waals surface area contributed by atoms with Gasteiger partial charge >= 0.3 is 0 Å². The number of amides is 1. The molecule has 1 amide bonds. The molecule has 8 nitrogen and oxygen atoms in total. The Morgan fingerprint density at radius 1 is 1.26 bits per heavy atom. The largest absolute Gasteiger partial charge is 0.497 e. The number of primary amides is 1. The highest BCUT2D eigenvalue weighted by Crippen LogP contribution is 2.22. The third-order valence-corrected chi connectivity index (χ3v) is 6.05. The molecule has 1 atom stereocenters. The number of nitrogens with two attached hydrogens (primary N) is 1. The fourth-order valence-electron chi connectivity index (χ4n) is 4.31. The van der Waals surface area contributed by atoms with Gasteiger partial charge in [0, 0.05) is 58.1 Å².